The van der Waals surface area contributed by atoms with E-state index in [4.69, 9.17) is 19.3 Å². The van der Waals surface area contributed by atoms with Crippen molar-refractivity contribution >= 4 is 17.9 Å². The zero-order valence-corrected chi connectivity index (χ0v) is 34.9. The van der Waals surface area contributed by atoms with E-state index < -0.39 is 5.92 Å². The van der Waals surface area contributed by atoms with Crippen LogP contribution >= 0.6 is 0 Å². The van der Waals surface area contributed by atoms with Gasteiger partial charge in [0.2, 0.25) is 0 Å². The number of nitrogens with zero attached hydrogens (tertiary/aromatic N) is 2. The van der Waals surface area contributed by atoms with Crippen molar-refractivity contribution in [2.75, 3.05) is 65.7 Å². The average Bonchev–Trinajstić information content (AvgIpc) is 3.18. The third-order valence-electron chi connectivity index (χ3n) is 10.2. The van der Waals surface area contributed by atoms with Crippen LogP contribution < -0.4 is 0 Å². The second kappa shape index (κ2) is 37.7. The lowest BCUT2D eigenvalue weighted by Crippen LogP contribution is -2.47. The Kier molecular flexibility index (Phi) is 34.7. The maximum Gasteiger partial charge on any atom is 0.307 e. The van der Waals surface area contributed by atoms with E-state index in [1.165, 1.54) is 89.9 Å². The van der Waals surface area contributed by atoms with E-state index in [-0.39, 0.29) is 50.8 Å². The fraction of sp³-hybridized carbons (Fsp3) is 0.844. The van der Waals surface area contributed by atoms with Crippen molar-refractivity contribution < 1.29 is 33.7 Å². The molecule has 0 aromatic rings. The molecular formula is C45H82N2O7. The monoisotopic (exact) mass is 763 g/mol. The quantitative estimate of drug-likeness (QED) is 0.0287. The lowest BCUT2D eigenvalue weighted by atomic mass is 10.1. The number of hydrogen-bond donors (Lipinski definition) is 1. The molecule has 0 bridgehead atoms. The molecule has 1 saturated heterocycles. The second-order valence-corrected chi connectivity index (χ2v) is 15.3. The minimum atomic E-state index is -0.400. The molecular weight excluding hydrogens is 681 g/mol. The van der Waals surface area contributed by atoms with Crippen LogP contribution in [0.15, 0.2) is 24.3 Å². The van der Waals surface area contributed by atoms with Crippen LogP contribution in [0.3, 0.4) is 0 Å². The summed E-state index contributed by atoms with van der Waals surface area (Å²) in [4.78, 5) is 42.2. The second-order valence-electron chi connectivity index (χ2n) is 15.3. The number of rotatable bonds is 37. The van der Waals surface area contributed by atoms with Crippen molar-refractivity contribution in [1.29, 1.82) is 0 Å². The van der Waals surface area contributed by atoms with Gasteiger partial charge in [-0.25, -0.2) is 0 Å². The fourth-order valence-electron chi connectivity index (χ4n) is 6.59. The Morgan fingerprint density at radius 2 is 0.815 bits per heavy atom. The molecule has 314 valence electrons. The first-order chi connectivity index (χ1) is 26.5. The zero-order chi connectivity index (χ0) is 39.2. The molecule has 9 nitrogen and oxygen atoms in total. The highest BCUT2D eigenvalue weighted by Crippen LogP contribution is 2.13. The number of ether oxygens (including phenoxy) is 3. The van der Waals surface area contributed by atoms with Gasteiger partial charge in [0.25, 0.3) is 0 Å². The van der Waals surface area contributed by atoms with Crippen LogP contribution in [0.1, 0.15) is 174 Å². The van der Waals surface area contributed by atoms with Crippen molar-refractivity contribution in [2.24, 2.45) is 5.92 Å². The van der Waals surface area contributed by atoms with Crippen LogP contribution in [-0.4, -0.2) is 98.5 Å². The van der Waals surface area contributed by atoms with Crippen LogP contribution in [0.5, 0.6) is 0 Å². The van der Waals surface area contributed by atoms with Crippen molar-refractivity contribution in [3.8, 4) is 0 Å². The number of β-amino-alcohol motifs (C(OH)–C–C–N with tert-alkyl or cyclic N) is 1. The van der Waals surface area contributed by atoms with Gasteiger partial charge in [-0.2, -0.15) is 0 Å². The van der Waals surface area contributed by atoms with E-state index in [1.807, 2.05) is 0 Å². The van der Waals surface area contributed by atoms with Gasteiger partial charge in [0.1, 0.15) is 19.8 Å². The first-order valence-corrected chi connectivity index (χ1v) is 22.3. The molecule has 0 aliphatic carbocycles. The lowest BCUT2D eigenvalue weighted by molar-refractivity contribution is -0.153. The van der Waals surface area contributed by atoms with Crippen LogP contribution in [-0.2, 0) is 28.6 Å². The van der Waals surface area contributed by atoms with Gasteiger partial charge in [-0.05, 0) is 64.2 Å². The van der Waals surface area contributed by atoms with E-state index in [0.717, 1.165) is 77.5 Å². The molecule has 1 aliphatic heterocycles. The fourth-order valence-corrected chi connectivity index (χ4v) is 6.59. The molecule has 0 spiro atoms. The van der Waals surface area contributed by atoms with E-state index in [0.29, 0.717) is 25.9 Å². The third-order valence-corrected chi connectivity index (χ3v) is 10.2. The molecule has 1 rings (SSSR count). The summed E-state index contributed by atoms with van der Waals surface area (Å²) in [5.74, 6) is -1.22. The predicted octanol–water partition coefficient (Wildman–Crippen LogP) is 9.75. The average molecular weight is 763 g/mol. The van der Waals surface area contributed by atoms with Crippen molar-refractivity contribution in [1.82, 2.24) is 9.80 Å². The SMILES string of the molecule is CCCCCC/C=C\CCCCCCCC(=O)OCC(COC(=O)CCCCCCC/C=C\CCCCCC)COC(=O)CCN1CCN(CCO)CC1. The number of carbonyl (C=O) groups is 3. The molecule has 9 heteroatoms. The largest absolute Gasteiger partial charge is 0.465 e. The maximum absolute atomic E-state index is 12.6. The topological polar surface area (TPSA) is 106 Å². The smallest absolute Gasteiger partial charge is 0.307 e. The van der Waals surface area contributed by atoms with E-state index in [9.17, 15) is 14.4 Å². The van der Waals surface area contributed by atoms with Crippen LogP contribution in [0, 0.1) is 5.92 Å². The molecule has 1 aliphatic rings. The Balaban J connectivity index is 2.32. The zero-order valence-electron chi connectivity index (χ0n) is 34.9. The van der Waals surface area contributed by atoms with Gasteiger partial charge in [-0.15, -0.1) is 0 Å². The predicted molar refractivity (Wildman–Crippen MR) is 221 cm³/mol. The first-order valence-electron chi connectivity index (χ1n) is 22.3. The Hall–Kier alpha value is -2.23. The highest BCUT2D eigenvalue weighted by atomic mass is 16.6. The summed E-state index contributed by atoms with van der Waals surface area (Å²) in [5, 5.41) is 9.16. The Morgan fingerprint density at radius 3 is 1.20 bits per heavy atom. The molecule has 1 fully saturated rings. The molecule has 1 N–H and O–H groups in total. The van der Waals surface area contributed by atoms with Gasteiger partial charge in [-0.3, -0.25) is 19.3 Å². The molecule has 0 aromatic heterocycles. The molecule has 1 heterocycles. The van der Waals surface area contributed by atoms with Crippen molar-refractivity contribution in [2.45, 2.75) is 174 Å². The summed E-state index contributed by atoms with van der Waals surface area (Å²) in [6.45, 7) is 9.57. The Bertz CT molecular complexity index is 896. The van der Waals surface area contributed by atoms with Gasteiger partial charge in [0.15, 0.2) is 0 Å². The molecule has 0 unspecified atom stereocenters. The number of carbonyl (C=O) groups excluding carboxylic acids is 3. The van der Waals surface area contributed by atoms with Gasteiger partial charge in [0.05, 0.1) is 18.9 Å². The van der Waals surface area contributed by atoms with E-state index in [2.05, 4.69) is 48.0 Å². The molecule has 0 amide bonds. The molecule has 0 radical (unpaired) electrons. The lowest BCUT2D eigenvalue weighted by Gasteiger charge is -2.34. The number of unbranched alkanes of at least 4 members (excludes halogenated alkanes) is 18. The van der Waals surface area contributed by atoms with E-state index >= 15 is 0 Å². The van der Waals surface area contributed by atoms with Crippen LogP contribution in [0.4, 0.5) is 0 Å². The summed E-state index contributed by atoms with van der Waals surface area (Å²) in [7, 11) is 0. The summed E-state index contributed by atoms with van der Waals surface area (Å²) >= 11 is 0. The number of esters is 3. The normalized spacial score (nSPS) is 14.1. The van der Waals surface area contributed by atoms with E-state index in [1.54, 1.807) is 0 Å². The molecule has 0 saturated carbocycles. The minimum Gasteiger partial charge on any atom is -0.465 e. The molecule has 54 heavy (non-hydrogen) atoms. The minimum absolute atomic E-state index is 0.0457. The summed E-state index contributed by atoms with van der Waals surface area (Å²) < 4.78 is 16.7. The van der Waals surface area contributed by atoms with Crippen LogP contribution in [0.25, 0.3) is 0 Å². The molecule has 0 atom stereocenters. The van der Waals surface area contributed by atoms with Gasteiger partial charge >= 0.3 is 17.9 Å². The summed E-state index contributed by atoms with van der Waals surface area (Å²) in [6, 6.07) is 0. The Morgan fingerprint density at radius 1 is 0.481 bits per heavy atom. The highest BCUT2D eigenvalue weighted by Gasteiger charge is 2.20. The Labute approximate surface area is 331 Å². The summed E-state index contributed by atoms with van der Waals surface area (Å²) in [6.07, 6.45) is 35.9. The number of allylic oxidation sites excluding steroid dienone is 4. The number of hydrogen-bond acceptors (Lipinski definition) is 9. The van der Waals surface area contributed by atoms with Crippen molar-refractivity contribution in [3.05, 3.63) is 24.3 Å². The number of aliphatic hydroxyl groups is 1. The summed E-state index contributed by atoms with van der Waals surface area (Å²) in [5.41, 5.74) is 0. The standard InChI is InChI=1S/C45H82N2O7/c1-3-5-7-9-11-13-15-17-19-21-23-25-27-29-43(49)52-39-42(41-54-45(51)31-32-46-33-35-47(36-34-46)37-38-48)40-53-44(50)30-28-26-24-22-20-18-16-14-12-10-8-6-4-2/h13-16,42,48H,3-12,17-41H2,1-2H3/b15-13-,16-14-. The third kappa shape index (κ3) is 32.1. The molecule has 0 aromatic carbocycles. The van der Waals surface area contributed by atoms with Crippen LogP contribution in [0.2, 0.25) is 0 Å². The number of aliphatic hydroxyl groups excluding tert-OH is 1. The van der Waals surface area contributed by atoms with Gasteiger partial charge in [0, 0.05) is 52.1 Å². The van der Waals surface area contributed by atoms with Gasteiger partial charge < -0.3 is 24.2 Å². The first kappa shape index (κ1) is 49.8. The highest BCUT2D eigenvalue weighted by molar-refractivity contribution is 5.70. The van der Waals surface area contributed by atoms with Gasteiger partial charge in [-0.1, -0.05) is 115 Å². The maximum atomic E-state index is 12.6. The number of piperazine rings is 1. The van der Waals surface area contributed by atoms with Crippen molar-refractivity contribution in [3.63, 3.8) is 0 Å².